The van der Waals surface area contributed by atoms with Gasteiger partial charge in [-0.15, -0.1) is 0 Å². The van der Waals surface area contributed by atoms with Gasteiger partial charge >= 0.3 is 0 Å². The highest BCUT2D eigenvalue weighted by Crippen LogP contribution is 2.40. The monoisotopic (exact) mass is 600 g/mol. The van der Waals surface area contributed by atoms with Crippen molar-refractivity contribution in [1.29, 1.82) is 0 Å². The Kier molecular flexibility index (Phi) is 8.16. The van der Waals surface area contributed by atoms with Crippen LogP contribution >= 0.6 is 0 Å². The van der Waals surface area contributed by atoms with Crippen LogP contribution in [0.2, 0.25) is 0 Å². The summed E-state index contributed by atoms with van der Waals surface area (Å²) < 4.78 is 41.8. The quantitative estimate of drug-likeness (QED) is 0.222. The molecule has 2 N–H and O–H groups in total. The summed E-state index contributed by atoms with van der Waals surface area (Å²) in [4.78, 5) is 20.5. The van der Waals surface area contributed by atoms with Crippen LogP contribution in [0.25, 0.3) is 11.3 Å². The normalized spacial score (nSPS) is 14.4. The Bertz CT molecular complexity index is 1780. The Morgan fingerprint density at radius 2 is 1.70 bits per heavy atom. The highest BCUT2D eigenvalue weighted by atomic mass is 32.2. The van der Waals surface area contributed by atoms with Crippen LogP contribution in [0.1, 0.15) is 53.3 Å². The molecule has 43 heavy (non-hydrogen) atoms. The van der Waals surface area contributed by atoms with Gasteiger partial charge in [0, 0.05) is 18.1 Å². The van der Waals surface area contributed by atoms with Gasteiger partial charge in [0.1, 0.15) is 17.5 Å². The van der Waals surface area contributed by atoms with Crippen molar-refractivity contribution in [2.75, 3.05) is 11.3 Å². The molecule has 224 valence electrons. The number of carbonyl (C=O) groups is 1. The first-order valence-electron chi connectivity index (χ1n) is 14.1. The summed E-state index contributed by atoms with van der Waals surface area (Å²) in [5.74, 6) is 0.893. The third-order valence-corrected chi connectivity index (χ3v) is 8.68. The first-order chi connectivity index (χ1) is 20.3. The fourth-order valence-electron chi connectivity index (χ4n) is 5.48. The molecule has 0 radical (unpaired) electrons. The van der Waals surface area contributed by atoms with Crippen molar-refractivity contribution in [3.05, 3.63) is 94.0 Å². The molecule has 1 aromatic heterocycles. The van der Waals surface area contributed by atoms with Crippen molar-refractivity contribution in [3.63, 3.8) is 0 Å². The van der Waals surface area contributed by atoms with Gasteiger partial charge in [-0.2, -0.15) is 4.98 Å². The van der Waals surface area contributed by atoms with Crippen molar-refractivity contribution < 1.29 is 22.7 Å². The van der Waals surface area contributed by atoms with E-state index in [9.17, 15) is 13.2 Å². The Hall–Kier alpha value is -4.44. The largest absolute Gasteiger partial charge is 0.487 e. The second-order valence-electron chi connectivity index (χ2n) is 11.6. The van der Waals surface area contributed by atoms with Crippen LogP contribution in [0.3, 0.4) is 0 Å². The topological polar surface area (TPSA) is 120 Å². The number of aryl methyl sites for hydroxylation is 4. The standard InChI is InChI=1S/C33H36N4O5S/c1-20-9-7-12-26(13-20)43(39,40)37-32-35-27(30-21(2)10-8-11-22(30)3)16-29(36-32)41-28(18-34-19-38)24-14-23(4)31-25(15-24)17-33(5,6)42-31/h7-16,19,28H,17-18H2,1-6H3,(H,34,38)(H,35,36,37). The van der Waals surface area contributed by atoms with E-state index in [0.29, 0.717) is 12.1 Å². The van der Waals surface area contributed by atoms with E-state index in [2.05, 4.69) is 20.0 Å². The van der Waals surface area contributed by atoms with Crippen LogP contribution in [0.4, 0.5) is 5.95 Å². The summed E-state index contributed by atoms with van der Waals surface area (Å²) in [5, 5.41) is 2.72. The molecule has 1 amide bonds. The van der Waals surface area contributed by atoms with Gasteiger partial charge in [-0.3, -0.25) is 4.79 Å². The van der Waals surface area contributed by atoms with Crippen LogP contribution in [-0.4, -0.2) is 36.9 Å². The summed E-state index contributed by atoms with van der Waals surface area (Å²) in [6.07, 6.45) is 0.728. The third kappa shape index (κ3) is 6.64. The minimum atomic E-state index is -3.99. The van der Waals surface area contributed by atoms with Gasteiger partial charge in [0.05, 0.1) is 17.1 Å². The van der Waals surface area contributed by atoms with Crippen LogP contribution < -0.4 is 19.5 Å². The van der Waals surface area contributed by atoms with E-state index in [1.54, 1.807) is 18.2 Å². The average molecular weight is 601 g/mol. The van der Waals surface area contributed by atoms with Crippen LogP contribution in [0, 0.1) is 27.7 Å². The lowest BCUT2D eigenvalue weighted by molar-refractivity contribution is -0.109. The number of ether oxygens (including phenoxy) is 2. The molecular formula is C33H36N4O5S. The molecule has 9 nitrogen and oxygen atoms in total. The molecular weight excluding hydrogens is 564 g/mol. The fraction of sp³-hybridized carbons (Fsp3) is 0.303. The van der Waals surface area contributed by atoms with E-state index < -0.39 is 16.1 Å². The van der Waals surface area contributed by atoms with Crippen LogP contribution in [-0.2, 0) is 21.2 Å². The minimum Gasteiger partial charge on any atom is -0.487 e. The number of nitrogens with zero attached hydrogens (tertiary/aromatic N) is 2. The minimum absolute atomic E-state index is 0.0999. The zero-order valence-corrected chi connectivity index (χ0v) is 26.0. The molecule has 1 aliphatic heterocycles. The lowest BCUT2D eigenvalue weighted by Crippen LogP contribution is -2.25. The SMILES string of the molecule is Cc1cccc(S(=O)(=O)Nc2nc(OC(CNC=O)c3cc(C)c4c(c3)CC(C)(C)O4)cc(-c3c(C)cccc3C)n2)c1. The number of hydrogen-bond donors (Lipinski definition) is 2. The lowest BCUT2D eigenvalue weighted by atomic mass is 9.96. The summed E-state index contributed by atoms with van der Waals surface area (Å²) in [7, 11) is -3.99. The van der Waals surface area contributed by atoms with Crippen molar-refractivity contribution in [3.8, 4) is 22.9 Å². The van der Waals surface area contributed by atoms with Gasteiger partial charge in [-0.25, -0.2) is 18.1 Å². The zero-order valence-electron chi connectivity index (χ0n) is 25.2. The summed E-state index contributed by atoms with van der Waals surface area (Å²) in [6, 6.07) is 18.2. The lowest BCUT2D eigenvalue weighted by Gasteiger charge is -2.21. The molecule has 0 aliphatic carbocycles. The second kappa shape index (κ2) is 11.7. The van der Waals surface area contributed by atoms with E-state index in [0.717, 1.165) is 51.1 Å². The number of rotatable bonds is 10. The molecule has 4 aromatic rings. The Labute approximate surface area is 252 Å². The molecule has 0 bridgehead atoms. The van der Waals surface area contributed by atoms with E-state index >= 15 is 0 Å². The number of amides is 1. The maximum absolute atomic E-state index is 13.3. The zero-order chi connectivity index (χ0) is 30.9. The summed E-state index contributed by atoms with van der Waals surface area (Å²) in [5.41, 5.74) is 6.63. The highest BCUT2D eigenvalue weighted by molar-refractivity contribution is 7.92. The molecule has 1 atom stereocenters. The fourth-order valence-corrected chi connectivity index (χ4v) is 6.53. The first-order valence-corrected chi connectivity index (χ1v) is 15.5. The number of aromatic nitrogens is 2. The number of nitrogens with one attached hydrogen (secondary N) is 2. The number of hydrogen-bond acceptors (Lipinski definition) is 7. The number of carbonyl (C=O) groups excluding carboxylic acids is 1. The molecule has 3 aromatic carbocycles. The second-order valence-corrected chi connectivity index (χ2v) is 13.3. The number of anilines is 1. The van der Waals surface area contributed by atoms with Gasteiger partial charge < -0.3 is 14.8 Å². The molecule has 0 fully saturated rings. The number of fused-ring (bicyclic) bond motifs is 1. The number of benzene rings is 3. The molecule has 2 heterocycles. The Morgan fingerprint density at radius 3 is 2.40 bits per heavy atom. The molecule has 10 heteroatoms. The van der Waals surface area contributed by atoms with Crippen molar-refractivity contribution in [2.45, 2.75) is 64.6 Å². The molecule has 1 unspecified atom stereocenters. The van der Waals surface area contributed by atoms with E-state index in [-0.39, 0.29) is 28.9 Å². The predicted octanol–water partition coefficient (Wildman–Crippen LogP) is 5.76. The molecule has 1 aliphatic rings. The van der Waals surface area contributed by atoms with Gasteiger partial charge in [0.15, 0.2) is 0 Å². The smallest absolute Gasteiger partial charge is 0.264 e. The highest BCUT2D eigenvalue weighted by Gasteiger charge is 2.32. The van der Waals surface area contributed by atoms with Gasteiger partial charge in [-0.05, 0) is 99.2 Å². The maximum atomic E-state index is 13.3. The van der Waals surface area contributed by atoms with Gasteiger partial charge in [-0.1, -0.05) is 30.3 Å². The van der Waals surface area contributed by atoms with E-state index in [1.807, 2.05) is 77.9 Å². The van der Waals surface area contributed by atoms with E-state index in [1.165, 1.54) is 6.07 Å². The number of sulfonamides is 1. The average Bonchev–Trinajstić information content (AvgIpc) is 3.25. The van der Waals surface area contributed by atoms with Crippen LogP contribution in [0.15, 0.2) is 65.6 Å². The Morgan fingerprint density at radius 1 is 0.977 bits per heavy atom. The van der Waals surface area contributed by atoms with Crippen molar-refractivity contribution in [1.82, 2.24) is 15.3 Å². The van der Waals surface area contributed by atoms with Crippen molar-refractivity contribution in [2.24, 2.45) is 0 Å². The van der Waals surface area contributed by atoms with E-state index in [4.69, 9.17) is 9.47 Å². The third-order valence-electron chi connectivity index (χ3n) is 7.36. The van der Waals surface area contributed by atoms with Gasteiger partial charge in [0.2, 0.25) is 18.2 Å². The summed E-state index contributed by atoms with van der Waals surface area (Å²) >= 11 is 0. The van der Waals surface area contributed by atoms with Crippen LogP contribution in [0.5, 0.6) is 11.6 Å². The van der Waals surface area contributed by atoms with Gasteiger partial charge in [0.25, 0.3) is 10.0 Å². The molecule has 0 spiro atoms. The molecule has 0 saturated carbocycles. The molecule has 5 rings (SSSR count). The predicted molar refractivity (Wildman–Crippen MR) is 166 cm³/mol. The molecule has 0 saturated heterocycles. The summed E-state index contributed by atoms with van der Waals surface area (Å²) in [6.45, 7) is 12.0. The maximum Gasteiger partial charge on any atom is 0.264 e. The first kappa shape index (κ1) is 30.0. The van der Waals surface area contributed by atoms with Crippen molar-refractivity contribution >= 4 is 22.4 Å². The Balaban J connectivity index is 1.58.